The summed E-state index contributed by atoms with van der Waals surface area (Å²) in [5, 5.41) is 12.6. The summed E-state index contributed by atoms with van der Waals surface area (Å²) in [7, 11) is 1.34. The largest absolute Gasteiger partial charge is 0.489 e. The number of pyridine rings is 1. The smallest absolute Gasteiger partial charge is 0.261 e. The van der Waals surface area contributed by atoms with Crippen LogP contribution >= 0.6 is 0 Å². The van der Waals surface area contributed by atoms with Crippen LogP contribution in [0.15, 0.2) is 54.6 Å². The molecule has 8 nitrogen and oxygen atoms in total. The van der Waals surface area contributed by atoms with Gasteiger partial charge in [-0.2, -0.15) is 0 Å². The number of para-hydroxylation sites is 1. The predicted octanol–water partition coefficient (Wildman–Crippen LogP) is 3.52. The van der Waals surface area contributed by atoms with E-state index in [0.29, 0.717) is 18.0 Å². The Morgan fingerprint density at radius 2 is 1.89 bits per heavy atom. The number of ether oxygens (including phenoxy) is 1. The Bertz CT molecular complexity index is 1240. The van der Waals surface area contributed by atoms with E-state index in [1.54, 1.807) is 24.3 Å². The molecule has 0 aliphatic carbocycles. The third-order valence-corrected chi connectivity index (χ3v) is 6.02. The van der Waals surface area contributed by atoms with Gasteiger partial charge in [0.25, 0.3) is 5.92 Å². The minimum atomic E-state index is -3.15. The van der Waals surface area contributed by atoms with Gasteiger partial charge in [0.05, 0.1) is 18.0 Å². The number of piperidine rings is 1. The van der Waals surface area contributed by atoms with Crippen LogP contribution in [0.25, 0.3) is 10.9 Å². The van der Waals surface area contributed by atoms with Crippen molar-refractivity contribution >= 4 is 28.4 Å². The summed E-state index contributed by atoms with van der Waals surface area (Å²) < 4.78 is 33.8. The minimum Gasteiger partial charge on any atom is -0.489 e. The maximum Gasteiger partial charge on any atom is 0.261 e. The third kappa shape index (κ3) is 5.55. The SMILES string of the molecule is Cc1cc(COc2ccc(NC(=O)[C@@H]3[C@@H](C(=O)NO)CC(F)(F)CN3C)cc2)c2ccccc2n1. The molecule has 2 heterocycles. The molecule has 2 aromatic carbocycles. The first-order valence-electron chi connectivity index (χ1n) is 11.1. The molecule has 1 aliphatic heterocycles. The fourth-order valence-electron chi connectivity index (χ4n) is 4.50. The molecule has 3 aromatic rings. The van der Waals surface area contributed by atoms with Crippen molar-refractivity contribution in [1.29, 1.82) is 0 Å². The number of anilines is 1. The van der Waals surface area contributed by atoms with Gasteiger partial charge in [-0.15, -0.1) is 0 Å². The summed E-state index contributed by atoms with van der Waals surface area (Å²) in [6.07, 6.45) is -0.836. The van der Waals surface area contributed by atoms with Crippen LogP contribution in [0.3, 0.4) is 0 Å². The van der Waals surface area contributed by atoms with Gasteiger partial charge in [-0.25, -0.2) is 14.3 Å². The van der Waals surface area contributed by atoms with Crippen LogP contribution in [-0.2, 0) is 16.2 Å². The second-order valence-corrected chi connectivity index (χ2v) is 8.74. The highest BCUT2D eigenvalue weighted by molar-refractivity contribution is 5.98. The van der Waals surface area contributed by atoms with Gasteiger partial charge in [-0.1, -0.05) is 18.2 Å². The molecular weight excluding hydrogens is 458 g/mol. The molecule has 0 spiro atoms. The number of amides is 2. The lowest BCUT2D eigenvalue weighted by Gasteiger charge is -2.40. The zero-order valence-electron chi connectivity index (χ0n) is 19.3. The number of hydrogen-bond acceptors (Lipinski definition) is 6. The van der Waals surface area contributed by atoms with Gasteiger partial charge < -0.3 is 10.1 Å². The van der Waals surface area contributed by atoms with E-state index >= 15 is 0 Å². The summed E-state index contributed by atoms with van der Waals surface area (Å²) in [6, 6.07) is 15.2. The van der Waals surface area contributed by atoms with Crippen molar-refractivity contribution in [2.24, 2.45) is 5.92 Å². The van der Waals surface area contributed by atoms with E-state index in [-0.39, 0.29) is 0 Å². The molecule has 1 saturated heterocycles. The second-order valence-electron chi connectivity index (χ2n) is 8.74. The van der Waals surface area contributed by atoms with E-state index in [2.05, 4.69) is 10.3 Å². The fraction of sp³-hybridized carbons (Fsp3) is 0.320. The van der Waals surface area contributed by atoms with E-state index in [4.69, 9.17) is 9.94 Å². The van der Waals surface area contributed by atoms with Crippen LogP contribution in [0, 0.1) is 12.8 Å². The van der Waals surface area contributed by atoms with Crippen LogP contribution in [0.1, 0.15) is 17.7 Å². The Morgan fingerprint density at radius 3 is 2.60 bits per heavy atom. The molecule has 0 radical (unpaired) electrons. The molecule has 2 amide bonds. The number of benzene rings is 2. The molecule has 1 aliphatic rings. The van der Waals surface area contributed by atoms with Crippen LogP contribution in [0.2, 0.25) is 0 Å². The van der Waals surface area contributed by atoms with Gasteiger partial charge in [0.15, 0.2) is 0 Å². The minimum absolute atomic E-state index is 0.328. The Hall–Kier alpha value is -3.63. The average Bonchev–Trinajstić information content (AvgIpc) is 2.81. The molecular formula is C25H26F2N4O4. The van der Waals surface area contributed by atoms with Crippen LogP contribution in [-0.4, -0.2) is 52.5 Å². The molecule has 35 heavy (non-hydrogen) atoms. The molecule has 0 bridgehead atoms. The van der Waals surface area contributed by atoms with Crippen molar-refractivity contribution in [1.82, 2.24) is 15.4 Å². The first-order valence-corrected chi connectivity index (χ1v) is 11.1. The molecule has 2 atom stereocenters. The lowest BCUT2D eigenvalue weighted by Crippen LogP contribution is -2.59. The van der Waals surface area contributed by atoms with Crippen molar-refractivity contribution in [3.8, 4) is 5.75 Å². The van der Waals surface area contributed by atoms with Gasteiger partial charge in [0.2, 0.25) is 11.8 Å². The quantitative estimate of drug-likeness (QED) is 0.365. The monoisotopic (exact) mass is 484 g/mol. The average molecular weight is 485 g/mol. The second kappa shape index (κ2) is 9.93. The number of nitrogens with one attached hydrogen (secondary N) is 2. The number of likely N-dealkylation sites (N-methyl/N-ethyl adjacent to an activating group) is 1. The van der Waals surface area contributed by atoms with Crippen LogP contribution in [0.5, 0.6) is 5.75 Å². The van der Waals surface area contributed by atoms with Gasteiger partial charge >= 0.3 is 0 Å². The molecule has 184 valence electrons. The highest BCUT2D eigenvalue weighted by Crippen LogP contribution is 2.34. The number of rotatable bonds is 6. The maximum absolute atomic E-state index is 14.0. The Morgan fingerprint density at radius 1 is 1.17 bits per heavy atom. The summed E-state index contributed by atoms with van der Waals surface area (Å²) in [6.45, 7) is 1.58. The number of nitrogens with zero attached hydrogens (tertiary/aromatic N) is 2. The number of halogens is 2. The number of likely N-dealkylation sites (tertiary alicyclic amines) is 1. The number of alkyl halides is 2. The number of aryl methyl sites for hydroxylation is 1. The molecule has 3 N–H and O–H groups in total. The highest BCUT2D eigenvalue weighted by Gasteiger charge is 2.50. The lowest BCUT2D eigenvalue weighted by molar-refractivity contribution is -0.155. The zero-order valence-corrected chi connectivity index (χ0v) is 19.3. The van der Waals surface area contributed by atoms with E-state index in [1.165, 1.54) is 12.5 Å². The van der Waals surface area contributed by atoms with Crippen molar-refractivity contribution in [3.05, 3.63) is 65.9 Å². The van der Waals surface area contributed by atoms with E-state index in [0.717, 1.165) is 27.1 Å². The van der Waals surface area contributed by atoms with Gasteiger partial charge in [-0.05, 0) is 50.4 Å². The van der Waals surface area contributed by atoms with Crippen molar-refractivity contribution in [2.75, 3.05) is 18.9 Å². The van der Waals surface area contributed by atoms with Crippen molar-refractivity contribution in [2.45, 2.75) is 31.9 Å². The van der Waals surface area contributed by atoms with Gasteiger partial charge in [0.1, 0.15) is 18.4 Å². The first-order chi connectivity index (χ1) is 16.7. The molecule has 1 fully saturated rings. The standard InChI is InChI=1S/C25H26F2N4O4/c1-15-11-16(19-5-3-4-6-21(19)28-15)13-35-18-9-7-17(8-10-18)29-24(33)22-20(23(32)30-34)12-25(26,27)14-31(22)2/h3-11,20,22,34H,12-14H2,1-2H3,(H,29,33)(H,30,32)/t20-,22-/m0/s1. The lowest BCUT2D eigenvalue weighted by atomic mass is 9.86. The molecule has 0 unspecified atom stereocenters. The summed E-state index contributed by atoms with van der Waals surface area (Å²) >= 11 is 0. The fourth-order valence-corrected chi connectivity index (χ4v) is 4.50. The summed E-state index contributed by atoms with van der Waals surface area (Å²) in [5.74, 6) is -5.63. The molecule has 4 rings (SSSR count). The Kier molecular flexibility index (Phi) is 6.95. The number of hydroxylamine groups is 1. The number of fused-ring (bicyclic) bond motifs is 1. The van der Waals surface area contributed by atoms with Crippen LogP contribution in [0.4, 0.5) is 14.5 Å². The molecule has 10 heteroatoms. The predicted molar refractivity (Wildman–Crippen MR) is 125 cm³/mol. The maximum atomic E-state index is 14.0. The number of hydrogen-bond donors (Lipinski definition) is 3. The Balaban J connectivity index is 1.43. The molecule has 0 saturated carbocycles. The zero-order chi connectivity index (χ0) is 25.2. The summed E-state index contributed by atoms with van der Waals surface area (Å²) in [4.78, 5) is 30.5. The van der Waals surface area contributed by atoms with E-state index in [9.17, 15) is 18.4 Å². The van der Waals surface area contributed by atoms with Crippen LogP contribution < -0.4 is 15.5 Å². The third-order valence-electron chi connectivity index (χ3n) is 6.02. The number of carbonyl (C=O) groups is 2. The number of carbonyl (C=O) groups excluding carboxylic acids is 2. The van der Waals surface area contributed by atoms with Crippen molar-refractivity contribution in [3.63, 3.8) is 0 Å². The van der Waals surface area contributed by atoms with E-state index < -0.39 is 42.7 Å². The molecule has 1 aromatic heterocycles. The topological polar surface area (TPSA) is 104 Å². The van der Waals surface area contributed by atoms with Gasteiger partial charge in [0, 0.05) is 28.8 Å². The van der Waals surface area contributed by atoms with Crippen molar-refractivity contribution < 1.29 is 28.3 Å². The number of aromatic nitrogens is 1. The van der Waals surface area contributed by atoms with Gasteiger partial charge in [-0.3, -0.25) is 24.7 Å². The Labute approximate surface area is 200 Å². The van der Waals surface area contributed by atoms with E-state index in [1.807, 2.05) is 37.3 Å². The normalized spacial score (nSPS) is 19.8. The highest BCUT2D eigenvalue weighted by atomic mass is 19.3. The first kappa shape index (κ1) is 24.5. The summed E-state index contributed by atoms with van der Waals surface area (Å²) in [5.41, 5.74) is 4.59.